The van der Waals surface area contributed by atoms with E-state index in [9.17, 15) is 0 Å². The van der Waals surface area contributed by atoms with Gasteiger partial charge >= 0.3 is 0 Å². The summed E-state index contributed by atoms with van der Waals surface area (Å²) in [5.41, 5.74) is 6.97. The Balaban J connectivity index is 2.64. The number of benzene rings is 1. The molecule has 2 N–H and O–H groups in total. The average Bonchev–Trinajstić information content (AvgIpc) is 2.17. The van der Waals surface area contributed by atoms with E-state index in [4.69, 9.17) is 5.73 Å². The van der Waals surface area contributed by atoms with Crippen molar-refractivity contribution in [2.24, 2.45) is 11.7 Å². The van der Waals surface area contributed by atoms with Gasteiger partial charge in [0, 0.05) is 10.6 Å². The molecule has 0 bridgehead atoms. The van der Waals surface area contributed by atoms with E-state index in [-0.39, 0.29) is 0 Å². The fraction of sp³-hybridized carbons (Fsp3) is 0.500. The highest BCUT2D eigenvalue weighted by molar-refractivity contribution is 7.99. The fourth-order valence-corrected chi connectivity index (χ4v) is 2.31. The van der Waals surface area contributed by atoms with Gasteiger partial charge in [0.05, 0.1) is 0 Å². The van der Waals surface area contributed by atoms with Crippen LogP contribution in [0.1, 0.15) is 19.4 Å². The van der Waals surface area contributed by atoms with Gasteiger partial charge in [0.2, 0.25) is 0 Å². The lowest BCUT2D eigenvalue weighted by Gasteiger charge is -2.09. The fourth-order valence-electron chi connectivity index (χ4n) is 1.26. The molecule has 0 heterocycles. The smallest absolute Gasteiger partial charge is 0.0105 e. The zero-order valence-corrected chi connectivity index (χ0v) is 9.81. The Morgan fingerprint density at radius 1 is 1.29 bits per heavy atom. The quantitative estimate of drug-likeness (QED) is 0.755. The summed E-state index contributed by atoms with van der Waals surface area (Å²) in [6.45, 7) is 5.23. The number of rotatable bonds is 5. The second kappa shape index (κ2) is 6.10. The van der Waals surface area contributed by atoms with Crippen molar-refractivity contribution in [3.63, 3.8) is 0 Å². The minimum atomic E-state index is 0.735. The molecule has 0 radical (unpaired) electrons. The van der Waals surface area contributed by atoms with E-state index in [1.165, 1.54) is 16.2 Å². The van der Waals surface area contributed by atoms with Crippen molar-refractivity contribution < 1.29 is 0 Å². The highest BCUT2D eigenvalue weighted by Gasteiger charge is 2.02. The summed E-state index contributed by atoms with van der Waals surface area (Å²) >= 11 is 1.94. The molecule has 0 aromatic heterocycles. The summed E-state index contributed by atoms with van der Waals surface area (Å²) in [5.74, 6) is 1.92. The molecule has 1 aromatic rings. The molecule has 0 aliphatic rings. The van der Waals surface area contributed by atoms with Crippen LogP contribution in [0.2, 0.25) is 0 Å². The first-order chi connectivity index (χ1) is 6.74. The maximum absolute atomic E-state index is 5.58. The van der Waals surface area contributed by atoms with E-state index >= 15 is 0 Å². The van der Waals surface area contributed by atoms with Crippen LogP contribution in [0.25, 0.3) is 0 Å². The maximum atomic E-state index is 5.58. The van der Waals surface area contributed by atoms with Gasteiger partial charge in [-0.25, -0.2) is 0 Å². The first-order valence-corrected chi connectivity index (χ1v) is 6.13. The van der Waals surface area contributed by atoms with Crippen LogP contribution in [0, 0.1) is 5.92 Å². The van der Waals surface area contributed by atoms with Crippen molar-refractivity contribution in [1.29, 1.82) is 0 Å². The molecule has 0 aliphatic heterocycles. The zero-order valence-electron chi connectivity index (χ0n) is 8.99. The monoisotopic (exact) mass is 209 g/mol. The van der Waals surface area contributed by atoms with Gasteiger partial charge in [-0.05, 0) is 30.5 Å². The summed E-state index contributed by atoms with van der Waals surface area (Å²) in [6, 6.07) is 8.56. The summed E-state index contributed by atoms with van der Waals surface area (Å²) in [7, 11) is 0. The Labute approximate surface area is 91.1 Å². The molecule has 0 saturated heterocycles. The van der Waals surface area contributed by atoms with Crippen molar-refractivity contribution in [3.05, 3.63) is 29.8 Å². The van der Waals surface area contributed by atoms with Crippen molar-refractivity contribution in [1.82, 2.24) is 0 Å². The lowest BCUT2D eigenvalue weighted by atomic mass is 10.1. The summed E-state index contributed by atoms with van der Waals surface area (Å²) in [4.78, 5) is 1.40. The highest BCUT2D eigenvalue weighted by atomic mass is 32.2. The first kappa shape index (κ1) is 11.6. The van der Waals surface area contributed by atoms with Crippen LogP contribution in [0.5, 0.6) is 0 Å². The summed E-state index contributed by atoms with van der Waals surface area (Å²) in [5, 5.41) is 0. The van der Waals surface area contributed by atoms with E-state index in [2.05, 4.69) is 38.1 Å². The van der Waals surface area contributed by atoms with Crippen LogP contribution >= 0.6 is 11.8 Å². The Hall–Kier alpha value is -0.470. The molecule has 1 aromatic carbocycles. The van der Waals surface area contributed by atoms with E-state index in [1.54, 1.807) is 0 Å². The van der Waals surface area contributed by atoms with Crippen LogP contribution in [0.4, 0.5) is 0 Å². The molecule has 78 valence electrons. The molecule has 0 aliphatic carbocycles. The molecule has 14 heavy (non-hydrogen) atoms. The summed E-state index contributed by atoms with van der Waals surface area (Å²) < 4.78 is 0. The maximum Gasteiger partial charge on any atom is 0.0105 e. The van der Waals surface area contributed by atoms with E-state index in [1.807, 2.05) is 11.8 Å². The Morgan fingerprint density at radius 2 is 2.00 bits per heavy atom. The second-order valence-corrected chi connectivity index (χ2v) is 4.91. The van der Waals surface area contributed by atoms with Gasteiger partial charge in [-0.1, -0.05) is 32.0 Å². The normalized spacial score (nSPS) is 10.9. The Kier molecular flexibility index (Phi) is 5.05. The number of hydrogen-bond acceptors (Lipinski definition) is 2. The number of nitrogens with two attached hydrogens (primary N) is 1. The van der Waals surface area contributed by atoms with Gasteiger partial charge in [0.1, 0.15) is 0 Å². The molecule has 0 saturated carbocycles. The van der Waals surface area contributed by atoms with Gasteiger partial charge in [-0.3, -0.25) is 0 Å². The Morgan fingerprint density at radius 3 is 2.64 bits per heavy atom. The predicted octanol–water partition coefficient (Wildman–Crippen LogP) is 2.94. The lowest BCUT2D eigenvalue weighted by Crippen LogP contribution is -2.04. The molecular formula is C12H19NS. The second-order valence-electron chi connectivity index (χ2n) is 3.85. The average molecular weight is 209 g/mol. The van der Waals surface area contributed by atoms with Gasteiger partial charge in [-0.2, -0.15) is 0 Å². The molecule has 0 spiro atoms. The van der Waals surface area contributed by atoms with Gasteiger partial charge < -0.3 is 5.73 Å². The first-order valence-electron chi connectivity index (χ1n) is 5.14. The molecule has 0 atom stereocenters. The molecule has 2 heteroatoms. The lowest BCUT2D eigenvalue weighted by molar-refractivity contribution is 0.750. The topological polar surface area (TPSA) is 26.0 Å². The van der Waals surface area contributed by atoms with Crippen LogP contribution < -0.4 is 5.73 Å². The van der Waals surface area contributed by atoms with Gasteiger partial charge in [-0.15, -0.1) is 11.8 Å². The third kappa shape index (κ3) is 3.72. The van der Waals surface area contributed by atoms with Crippen LogP contribution in [-0.4, -0.2) is 12.3 Å². The standard InChI is InChI=1S/C12H19NS/c1-10(2)9-14-12-6-4-3-5-11(12)7-8-13/h3-6,10H,7-9,13H2,1-2H3. The molecule has 0 fully saturated rings. The molecular weight excluding hydrogens is 190 g/mol. The van der Waals surface area contributed by atoms with E-state index < -0.39 is 0 Å². The van der Waals surface area contributed by atoms with Crippen LogP contribution in [0.3, 0.4) is 0 Å². The highest BCUT2D eigenvalue weighted by Crippen LogP contribution is 2.24. The Bertz CT molecular complexity index is 271. The van der Waals surface area contributed by atoms with Crippen molar-refractivity contribution in [3.8, 4) is 0 Å². The third-order valence-electron chi connectivity index (χ3n) is 1.96. The van der Waals surface area contributed by atoms with E-state index in [0.29, 0.717) is 0 Å². The zero-order chi connectivity index (χ0) is 10.4. The third-order valence-corrected chi connectivity index (χ3v) is 3.50. The van der Waals surface area contributed by atoms with Crippen LogP contribution in [-0.2, 0) is 6.42 Å². The minimum Gasteiger partial charge on any atom is -0.330 e. The number of hydrogen-bond donors (Lipinski definition) is 1. The largest absolute Gasteiger partial charge is 0.330 e. The predicted molar refractivity (Wildman–Crippen MR) is 64.8 cm³/mol. The minimum absolute atomic E-state index is 0.735. The SMILES string of the molecule is CC(C)CSc1ccccc1CCN. The number of thioether (sulfide) groups is 1. The van der Waals surface area contributed by atoms with E-state index in [0.717, 1.165) is 18.9 Å². The van der Waals surface area contributed by atoms with Crippen molar-refractivity contribution in [2.75, 3.05) is 12.3 Å². The molecule has 1 rings (SSSR count). The molecule has 1 nitrogen and oxygen atoms in total. The van der Waals surface area contributed by atoms with Crippen LogP contribution in [0.15, 0.2) is 29.2 Å². The van der Waals surface area contributed by atoms with Crippen molar-refractivity contribution >= 4 is 11.8 Å². The van der Waals surface area contributed by atoms with Crippen molar-refractivity contribution in [2.45, 2.75) is 25.2 Å². The molecule has 0 unspecified atom stereocenters. The molecule has 0 amide bonds. The summed E-state index contributed by atoms with van der Waals surface area (Å²) in [6.07, 6.45) is 0.987. The van der Waals surface area contributed by atoms with Gasteiger partial charge in [0.15, 0.2) is 0 Å². The van der Waals surface area contributed by atoms with Gasteiger partial charge in [0.25, 0.3) is 0 Å².